The number of para-hydroxylation sites is 1. The van der Waals surface area contributed by atoms with E-state index in [2.05, 4.69) is 31.9 Å². The van der Waals surface area contributed by atoms with E-state index in [-0.39, 0.29) is 11.6 Å². The maximum Gasteiger partial charge on any atom is 0.258 e. The third kappa shape index (κ3) is 3.32. The molecule has 1 fully saturated rings. The van der Waals surface area contributed by atoms with Crippen LogP contribution in [-0.4, -0.2) is 42.7 Å². The van der Waals surface area contributed by atoms with Crippen molar-refractivity contribution >= 4 is 10.9 Å². The van der Waals surface area contributed by atoms with Crippen LogP contribution in [0.25, 0.3) is 10.9 Å². The van der Waals surface area contributed by atoms with Crippen LogP contribution in [0.4, 0.5) is 0 Å². The molecule has 7 heteroatoms. The summed E-state index contributed by atoms with van der Waals surface area (Å²) >= 11 is 0. The molecule has 4 rings (SSSR count). The van der Waals surface area contributed by atoms with Gasteiger partial charge < -0.3 is 4.98 Å². The second kappa shape index (κ2) is 6.76. The van der Waals surface area contributed by atoms with Crippen LogP contribution in [0.15, 0.2) is 41.7 Å². The molecule has 0 unspecified atom stereocenters. The molecule has 7 nitrogen and oxygen atoms in total. The van der Waals surface area contributed by atoms with Gasteiger partial charge in [-0.05, 0) is 44.4 Å². The van der Waals surface area contributed by atoms with Gasteiger partial charge >= 0.3 is 0 Å². The van der Waals surface area contributed by atoms with E-state index in [1.54, 1.807) is 12.7 Å². The molecule has 1 aliphatic heterocycles. The van der Waals surface area contributed by atoms with Crippen molar-refractivity contribution in [2.75, 3.05) is 13.1 Å². The summed E-state index contributed by atoms with van der Waals surface area (Å²) in [5, 5.41) is 4.85. The van der Waals surface area contributed by atoms with E-state index < -0.39 is 0 Å². The van der Waals surface area contributed by atoms with Crippen LogP contribution in [0.3, 0.4) is 0 Å². The average Bonchev–Trinajstić information content (AvgIpc) is 3.14. The fourth-order valence-electron chi connectivity index (χ4n) is 3.66. The van der Waals surface area contributed by atoms with Crippen LogP contribution in [0, 0.1) is 5.92 Å². The lowest BCUT2D eigenvalue weighted by Gasteiger charge is -2.36. The first-order valence-electron chi connectivity index (χ1n) is 8.76. The summed E-state index contributed by atoms with van der Waals surface area (Å²) in [6.07, 6.45) is 5.67. The molecule has 0 spiro atoms. The van der Waals surface area contributed by atoms with E-state index in [9.17, 15) is 4.79 Å². The van der Waals surface area contributed by atoms with Crippen LogP contribution >= 0.6 is 0 Å². The number of aromatic amines is 1. The van der Waals surface area contributed by atoms with Crippen molar-refractivity contribution in [1.29, 1.82) is 0 Å². The molecule has 2 aromatic heterocycles. The van der Waals surface area contributed by atoms with Gasteiger partial charge in [-0.1, -0.05) is 12.1 Å². The maximum absolute atomic E-state index is 12.3. The van der Waals surface area contributed by atoms with Gasteiger partial charge in [0.2, 0.25) is 0 Å². The smallest absolute Gasteiger partial charge is 0.258 e. The number of nitrogens with zero attached hydrogens (tertiary/aromatic N) is 5. The van der Waals surface area contributed by atoms with Gasteiger partial charge in [0.15, 0.2) is 0 Å². The van der Waals surface area contributed by atoms with E-state index in [0.717, 1.165) is 37.4 Å². The van der Waals surface area contributed by atoms with Crippen molar-refractivity contribution in [1.82, 2.24) is 29.6 Å². The van der Waals surface area contributed by atoms with Gasteiger partial charge in [-0.3, -0.25) is 14.4 Å². The second-order valence-electron chi connectivity index (χ2n) is 6.77. The summed E-state index contributed by atoms with van der Waals surface area (Å²) < 4.78 is 1.90. The molecular formula is C18H22N6O. The molecule has 0 bridgehead atoms. The highest BCUT2D eigenvalue weighted by Gasteiger charge is 2.26. The Morgan fingerprint density at radius 2 is 2.24 bits per heavy atom. The monoisotopic (exact) mass is 338 g/mol. The van der Waals surface area contributed by atoms with E-state index >= 15 is 0 Å². The fraction of sp³-hybridized carbons (Fsp3) is 0.444. The Labute approximate surface area is 145 Å². The zero-order valence-corrected chi connectivity index (χ0v) is 14.3. The topological polar surface area (TPSA) is 79.7 Å². The van der Waals surface area contributed by atoms with Crippen molar-refractivity contribution in [2.24, 2.45) is 5.92 Å². The zero-order valence-electron chi connectivity index (χ0n) is 14.3. The van der Waals surface area contributed by atoms with Crippen molar-refractivity contribution in [2.45, 2.75) is 32.4 Å². The standard InChI is InChI=1S/C18H22N6O/c1-13(17-21-16-7-3-2-6-15(16)18(25)22-17)23-8-4-5-14(9-23)10-24-12-19-11-20-24/h2-3,6-7,11-14H,4-5,8-10H2,1H3,(H,21,22,25)/t13-,14+/m1/s1. The third-order valence-corrected chi connectivity index (χ3v) is 5.04. The first-order valence-corrected chi connectivity index (χ1v) is 8.76. The third-order valence-electron chi connectivity index (χ3n) is 5.04. The average molecular weight is 338 g/mol. The number of nitrogens with one attached hydrogen (secondary N) is 1. The van der Waals surface area contributed by atoms with Crippen LogP contribution < -0.4 is 5.56 Å². The summed E-state index contributed by atoms with van der Waals surface area (Å²) in [6.45, 7) is 4.99. The summed E-state index contributed by atoms with van der Waals surface area (Å²) in [7, 11) is 0. The van der Waals surface area contributed by atoms with Crippen LogP contribution in [0.5, 0.6) is 0 Å². The fourth-order valence-corrected chi connectivity index (χ4v) is 3.66. The molecule has 1 saturated heterocycles. The summed E-state index contributed by atoms with van der Waals surface area (Å²) in [6, 6.07) is 7.56. The summed E-state index contributed by atoms with van der Waals surface area (Å²) in [4.78, 5) is 26.4. The molecular weight excluding hydrogens is 316 g/mol. The summed E-state index contributed by atoms with van der Waals surface area (Å²) in [5.41, 5.74) is 0.688. The Kier molecular flexibility index (Phi) is 4.31. The van der Waals surface area contributed by atoms with Crippen molar-refractivity contribution in [3.63, 3.8) is 0 Å². The molecule has 1 aliphatic rings. The van der Waals surface area contributed by atoms with Crippen LogP contribution in [0.2, 0.25) is 0 Å². The lowest BCUT2D eigenvalue weighted by molar-refractivity contribution is 0.117. The number of fused-ring (bicyclic) bond motifs is 1. The minimum absolute atomic E-state index is 0.0661. The zero-order chi connectivity index (χ0) is 17.2. The molecule has 3 aromatic rings. The molecule has 0 saturated carbocycles. The van der Waals surface area contributed by atoms with Gasteiger partial charge in [-0.2, -0.15) is 5.10 Å². The Morgan fingerprint density at radius 3 is 3.08 bits per heavy atom. The van der Waals surface area contributed by atoms with Crippen molar-refractivity contribution < 1.29 is 0 Å². The van der Waals surface area contributed by atoms with E-state index in [0.29, 0.717) is 11.3 Å². The number of rotatable bonds is 4. The molecule has 130 valence electrons. The number of benzene rings is 1. The highest BCUT2D eigenvalue weighted by molar-refractivity contribution is 5.77. The van der Waals surface area contributed by atoms with E-state index in [4.69, 9.17) is 0 Å². The molecule has 1 N–H and O–H groups in total. The number of H-pyrrole nitrogens is 1. The first-order chi connectivity index (χ1) is 12.2. The largest absolute Gasteiger partial charge is 0.309 e. The van der Waals surface area contributed by atoms with Gasteiger partial charge in [0.1, 0.15) is 18.5 Å². The van der Waals surface area contributed by atoms with Gasteiger partial charge in [0.05, 0.1) is 16.9 Å². The number of likely N-dealkylation sites (tertiary alicyclic amines) is 1. The van der Waals surface area contributed by atoms with Gasteiger partial charge in [0, 0.05) is 13.1 Å². The Morgan fingerprint density at radius 1 is 1.36 bits per heavy atom. The minimum atomic E-state index is -0.0661. The molecule has 1 aromatic carbocycles. The van der Waals surface area contributed by atoms with Crippen molar-refractivity contribution in [3.05, 3.63) is 53.1 Å². The molecule has 3 heterocycles. The van der Waals surface area contributed by atoms with Gasteiger partial charge in [-0.25, -0.2) is 9.97 Å². The molecule has 0 amide bonds. The quantitative estimate of drug-likeness (QED) is 0.787. The highest BCUT2D eigenvalue weighted by Crippen LogP contribution is 2.25. The maximum atomic E-state index is 12.3. The molecule has 25 heavy (non-hydrogen) atoms. The number of hydrogen-bond donors (Lipinski definition) is 1. The Balaban J connectivity index is 1.53. The van der Waals surface area contributed by atoms with Crippen molar-refractivity contribution in [3.8, 4) is 0 Å². The summed E-state index contributed by atoms with van der Waals surface area (Å²) in [5.74, 6) is 1.27. The highest BCUT2D eigenvalue weighted by atomic mass is 16.1. The first kappa shape index (κ1) is 16.0. The van der Waals surface area contributed by atoms with Crippen LogP contribution in [0.1, 0.15) is 31.6 Å². The van der Waals surface area contributed by atoms with Gasteiger partial charge in [-0.15, -0.1) is 0 Å². The Bertz CT molecular complexity index is 903. The lowest BCUT2D eigenvalue weighted by Crippen LogP contribution is -2.39. The minimum Gasteiger partial charge on any atom is -0.309 e. The normalized spacial score (nSPS) is 20.0. The molecule has 2 atom stereocenters. The molecule has 0 radical (unpaired) electrons. The predicted octanol–water partition coefficient (Wildman–Crippen LogP) is 1.99. The van der Waals surface area contributed by atoms with Gasteiger partial charge in [0.25, 0.3) is 5.56 Å². The SMILES string of the molecule is C[C@H](c1nc2ccccc2c(=O)[nH]1)N1CCC[C@H](Cn2cncn2)C1. The Hall–Kier alpha value is -2.54. The van der Waals surface area contributed by atoms with Crippen LogP contribution in [-0.2, 0) is 6.54 Å². The number of aromatic nitrogens is 5. The van der Waals surface area contributed by atoms with E-state index in [1.807, 2.05) is 28.9 Å². The molecule has 0 aliphatic carbocycles. The number of piperidine rings is 1. The predicted molar refractivity (Wildman–Crippen MR) is 95.1 cm³/mol. The van der Waals surface area contributed by atoms with E-state index in [1.165, 1.54) is 6.42 Å². The lowest BCUT2D eigenvalue weighted by atomic mass is 9.96. The second-order valence-corrected chi connectivity index (χ2v) is 6.77. The number of hydrogen-bond acceptors (Lipinski definition) is 5.